The molecule has 1 heterocycles. The van der Waals surface area contributed by atoms with Gasteiger partial charge >= 0.3 is 6.36 Å². The number of rotatable bonds is 4. The average Bonchev–Trinajstić information content (AvgIpc) is 2.86. The van der Waals surface area contributed by atoms with Crippen molar-refractivity contribution in [3.05, 3.63) is 59.2 Å². The first kappa shape index (κ1) is 17.3. The molecular formula is C17H13BrF3N3O. The molecule has 3 rings (SSSR count). The van der Waals surface area contributed by atoms with Gasteiger partial charge in [-0.05, 0) is 51.3 Å². The summed E-state index contributed by atoms with van der Waals surface area (Å²) in [6.07, 6.45) is -3.02. The van der Waals surface area contributed by atoms with Crippen molar-refractivity contribution in [2.24, 2.45) is 7.05 Å². The Morgan fingerprint density at radius 1 is 1.08 bits per heavy atom. The molecule has 0 saturated heterocycles. The fourth-order valence-corrected chi connectivity index (χ4v) is 2.75. The molecule has 1 aromatic heterocycles. The summed E-state index contributed by atoms with van der Waals surface area (Å²) in [4.78, 5) is 0. The summed E-state index contributed by atoms with van der Waals surface area (Å²) in [7, 11) is 1.81. The number of halogens is 4. The van der Waals surface area contributed by atoms with Crippen LogP contribution in [0.15, 0.2) is 59.2 Å². The zero-order valence-electron chi connectivity index (χ0n) is 13.0. The third-order valence-electron chi connectivity index (χ3n) is 3.44. The first-order valence-corrected chi connectivity index (χ1v) is 8.02. The minimum atomic E-state index is -4.71. The van der Waals surface area contributed by atoms with Gasteiger partial charge in [0.25, 0.3) is 0 Å². The smallest absolute Gasteiger partial charge is 0.406 e. The molecule has 0 aliphatic carbocycles. The zero-order valence-corrected chi connectivity index (χ0v) is 14.6. The predicted octanol–water partition coefficient (Wildman–Crippen LogP) is 5.49. The van der Waals surface area contributed by atoms with Crippen LogP contribution < -0.4 is 10.1 Å². The van der Waals surface area contributed by atoms with Crippen molar-refractivity contribution < 1.29 is 17.9 Å². The van der Waals surface area contributed by atoms with Crippen molar-refractivity contribution in [3.63, 3.8) is 0 Å². The number of aryl methyl sites for hydroxylation is 1. The first-order valence-electron chi connectivity index (χ1n) is 7.22. The normalized spacial score (nSPS) is 11.4. The molecule has 0 amide bonds. The van der Waals surface area contributed by atoms with Gasteiger partial charge in [0.15, 0.2) is 0 Å². The van der Waals surface area contributed by atoms with Gasteiger partial charge in [-0.2, -0.15) is 5.10 Å². The molecule has 2 aromatic carbocycles. The van der Waals surface area contributed by atoms with E-state index in [4.69, 9.17) is 0 Å². The lowest BCUT2D eigenvalue weighted by molar-refractivity contribution is -0.274. The molecule has 130 valence electrons. The number of benzene rings is 2. The Kier molecular flexibility index (Phi) is 4.71. The summed E-state index contributed by atoms with van der Waals surface area (Å²) >= 11 is 3.41. The van der Waals surface area contributed by atoms with Crippen LogP contribution in [0.1, 0.15) is 0 Å². The van der Waals surface area contributed by atoms with E-state index in [1.54, 1.807) is 16.9 Å². The van der Waals surface area contributed by atoms with E-state index in [2.05, 4.69) is 31.1 Å². The Balaban J connectivity index is 1.80. The number of nitrogens with zero attached hydrogens (tertiary/aromatic N) is 2. The summed E-state index contributed by atoms with van der Waals surface area (Å²) in [5.41, 5.74) is 2.24. The molecule has 0 fully saturated rings. The highest BCUT2D eigenvalue weighted by Crippen LogP contribution is 2.30. The van der Waals surface area contributed by atoms with E-state index in [1.165, 1.54) is 18.2 Å². The number of alkyl halides is 3. The summed E-state index contributed by atoms with van der Waals surface area (Å²) in [5.74, 6) is 0.555. The van der Waals surface area contributed by atoms with Gasteiger partial charge in [-0.3, -0.25) is 4.68 Å². The Morgan fingerprint density at radius 2 is 1.80 bits per heavy atom. The van der Waals surface area contributed by atoms with Gasteiger partial charge in [0.1, 0.15) is 11.6 Å². The van der Waals surface area contributed by atoms with Crippen molar-refractivity contribution in [1.82, 2.24) is 9.78 Å². The average molecular weight is 412 g/mol. The van der Waals surface area contributed by atoms with Crippen molar-refractivity contribution in [2.75, 3.05) is 5.32 Å². The SMILES string of the molecule is Cn1ncc(Br)c1Nc1ccc(-c2cccc(OC(F)(F)F)c2)cc1. The minimum Gasteiger partial charge on any atom is -0.406 e. The molecule has 0 aliphatic heterocycles. The van der Waals surface area contributed by atoms with Crippen LogP contribution in [0.4, 0.5) is 24.7 Å². The summed E-state index contributed by atoms with van der Waals surface area (Å²) in [6, 6.07) is 13.2. The van der Waals surface area contributed by atoms with Crippen molar-refractivity contribution in [1.29, 1.82) is 0 Å². The number of ether oxygens (including phenoxy) is 1. The van der Waals surface area contributed by atoms with Gasteiger partial charge in [0.05, 0.1) is 10.7 Å². The van der Waals surface area contributed by atoms with E-state index in [9.17, 15) is 13.2 Å². The van der Waals surface area contributed by atoms with Crippen molar-refractivity contribution in [3.8, 4) is 16.9 Å². The summed E-state index contributed by atoms with van der Waals surface area (Å²) in [6.45, 7) is 0. The monoisotopic (exact) mass is 411 g/mol. The van der Waals surface area contributed by atoms with E-state index in [1.807, 2.05) is 31.3 Å². The highest BCUT2D eigenvalue weighted by Gasteiger charge is 2.31. The van der Waals surface area contributed by atoms with Crippen LogP contribution in [-0.2, 0) is 7.05 Å². The summed E-state index contributed by atoms with van der Waals surface area (Å²) < 4.78 is 43.5. The zero-order chi connectivity index (χ0) is 18.0. The molecule has 0 radical (unpaired) electrons. The number of aromatic nitrogens is 2. The van der Waals surface area contributed by atoms with Gasteiger partial charge in [-0.15, -0.1) is 13.2 Å². The standard InChI is InChI=1S/C17H13BrF3N3O/c1-24-16(15(18)10-22-24)23-13-7-5-11(6-8-13)12-3-2-4-14(9-12)25-17(19,20)21/h2-10,23H,1H3. The van der Waals surface area contributed by atoms with Gasteiger partial charge < -0.3 is 10.1 Å². The maximum absolute atomic E-state index is 12.3. The topological polar surface area (TPSA) is 39.1 Å². The fraction of sp³-hybridized carbons (Fsp3) is 0.118. The second-order valence-corrected chi connectivity index (χ2v) is 6.10. The van der Waals surface area contributed by atoms with Crippen LogP contribution in [0, 0.1) is 0 Å². The van der Waals surface area contributed by atoms with Crippen LogP contribution in [0.25, 0.3) is 11.1 Å². The highest BCUT2D eigenvalue weighted by molar-refractivity contribution is 9.10. The molecule has 0 aliphatic rings. The van der Waals surface area contributed by atoms with E-state index >= 15 is 0 Å². The lowest BCUT2D eigenvalue weighted by atomic mass is 10.1. The Hall–Kier alpha value is -2.48. The van der Waals surface area contributed by atoms with Gasteiger partial charge in [-0.1, -0.05) is 24.3 Å². The minimum absolute atomic E-state index is 0.244. The van der Waals surface area contributed by atoms with Crippen LogP contribution in [0.5, 0.6) is 5.75 Å². The fourth-order valence-electron chi connectivity index (χ4n) is 2.31. The van der Waals surface area contributed by atoms with E-state index in [0.29, 0.717) is 5.56 Å². The number of hydrogen-bond acceptors (Lipinski definition) is 3. The third-order valence-corrected chi connectivity index (χ3v) is 4.02. The van der Waals surface area contributed by atoms with Crippen molar-refractivity contribution >= 4 is 27.4 Å². The molecule has 25 heavy (non-hydrogen) atoms. The Morgan fingerprint density at radius 3 is 2.40 bits per heavy atom. The van der Waals surface area contributed by atoms with Crippen LogP contribution in [0.2, 0.25) is 0 Å². The molecule has 0 unspecified atom stereocenters. The Bertz CT molecular complexity index is 856. The van der Waals surface area contributed by atoms with E-state index < -0.39 is 6.36 Å². The van der Waals surface area contributed by atoms with E-state index in [0.717, 1.165) is 21.5 Å². The molecule has 4 nitrogen and oxygen atoms in total. The number of hydrogen-bond donors (Lipinski definition) is 1. The lowest BCUT2D eigenvalue weighted by Gasteiger charge is -2.11. The van der Waals surface area contributed by atoms with Crippen LogP contribution in [-0.4, -0.2) is 16.1 Å². The maximum Gasteiger partial charge on any atom is 0.573 e. The quantitative estimate of drug-likeness (QED) is 0.616. The molecule has 3 aromatic rings. The first-order chi connectivity index (χ1) is 11.8. The summed E-state index contributed by atoms with van der Waals surface area (Å²) in [5, 5.41) is 7.34. The largest absolute Gasteiger partial charge is 0.573 e. The van der Waals surface area contributed by atoms with Gasteiger partial charge in [0, 0.05) is 12.7 Å². The van der Waals surface area contributed by atoms with E-state index in [-0.39, 0.29) is 5.75 Å². The van der Waals surface area contributed by atoms with Gasteiger partial charge in [-0.25, -0.2) is 0 Å². The highest BCUT2D eigenvalue weighted by atomic mass is 79.9. The number of anilines is 2. The second kappa shape index (κ2) is 6.79. The predicted molar refractivity (Wildman–Crippen MR) is 92.8 cm³/mol. The molecule has 0 bridgehead atoms. The second-order valence-electron chi connectivity index (χ2n) is 5.24. The molecule has 0 spiro atoms. The third kappa shape index (κ3) is 4.33. The lowest BCUT2D eigenvalue weighted by Crippen LogP contribution is -2.17. The maximum atomic E-state index is 12.3. The molecule has 1 N–H and O–H groups in total. The molecular weight excluding hydrogens is 399 g/mol. The number of nitrogens with one attached hydrogen (secondary N) is 1. The molecule has 8 heteroatoms. The van der Waals surface area contributed by atoms with Crippen LogP contribution in [0.3, 0.4) is 0 Å². The molecule has 0 saturated carbocycles. The molecule has 0 atom stereocenters. The van der Waals surface area contributed by atoms with Crippen LogP contribution >= 0.6 is 15.9 Å². The van der Waals surface area contributed by atoms with Crippen molar-refractivity contribution in [2.45, 2.75) is 6.36 Å². The Labute approximate surface area is 150 Å². The van der Waals surface area contributed by atoms with Gasteiger partial charge in [0.2, 0.25) is 0 Å².